The van der Waals surface area contributed by atoms with Crippen molar-refractivity contribution >= 4 is 23.4 Å². The number of rotatable bonds is 8. The SMILES string of the molecule is COc1ccc(-c2cc(-c3ccccc3)nc(SCCC(=O)Nc3ccc4c(c3)OCO4)c2C#N)cc1. The van der Waals surface area contributed by atoms with Crippen LogP contribution in [0.25, 0.3) is 22.4 Å². The first-order valence-corrected chi connectivity index (χ1v) is 12.6. The fourth-order valence-corrected chi connectivity index (χ4v) is 4.87. The molecule has 0 atom stereocenters. The van der Waals surface area contributed by atoms with Crippen LogP contribution >= 0.6 is 11.8 Å². The normalized spacial score (nSPS) is 11.6. The highest BCUT2D eigenvalue weighted by Gasteiger charge is 2.17. The summed E-state index contributed by atoms with van der Waals surface area (Å²) in [7, 11) is 1.62. The monoisotopic (exact) mass is 509 g/mol. The van der Waals surface area contributed by atoms with E-state index < -0.39 is 0 Å². The zero-order valence-corrected chi connectivity index (χ0v) is 20.9. The second kappa shape index (κ2) is 11.1. The van der Waals surface area contributed by atoms with Gasteiger partial charge >= 0.3 is 0 Å². The van der Waals surface area contributed by atoms with Crippen molar-refractivity contribution in [2.24, 2.45) is 0 Å². The van der Waals surface area contributed by atoms with E-state index >= 15 is 0 Å². The molecule has 1 amide bonds. The highest BCUT2D eigenvalue weighted by molar-refractivity contribution is 7.99. The molecule has 0 fully saturated rings. The summed E-state index contributed by atoms with van der Waals surface area (Å²) < 4.78 is 16.0. The maximum absolute atomic E-state index is 12.6. The molecular weight excluding hydrogens is 486 g/mol. The van der Waals surface area contributed by atoms with Gasteiger partial charge in [-0.1, -0.05) is 42.5 Å². The molecular formula is C29H23N3O4S. The molecule has 1 aliphatic rings. The van der Waals surface area contributed by atoms with Crippen LogP contribution in [0, 0.1) is 11.3 Å². The third-order valence-corrected chi connectivity index (χ3v) is 6.77. The number of benzene rings is 3. The molecule has 1 aliphatic heterocycles. The van der Waals surface area contributed by atoms with Crippen molar-refractivity contribution in [2.75, 3.05) is 25.0 Å². The molecule has 0 saturated carbocycles. The quantitative estimate of drug-likeness (QED) is 0.285. The van der Waals surface area contributed by atoms with E-state index in [2.05, 4.69) is 11.4 Å². The molecule has 1 aromatic heterocycles. The molecule has 5 rings (SSSR count). The van der Waals surface area contributed by atoms with Gasteiger partial charge in [-0.2, -0.15) is 5.26 Å². The van der Waals surface area contributed by atoms with Crippen LogP contribution in [0.4, 0.5) is 5.69 Å². The number of methoxy groups -OCH3 is 1. The zero-order chi connectivity index (χ0) is 25.6. The van der Waals surface area contributed by atoms with Gasteiger partial charge in [-0.15, -0.1) is 11.8 Å². The molecule has 0 spiro atoms. The first kappa shape index (κ1) is 24.2. The van der Waals surface area contributed by atoms with Gasteiger partial charge < -0.3 is 19.5 Å². The smallest absolute Gasteiger partial charge is 0.231 e. The minimum absolute atomic E-state index is 0.139. The second-order valence-corrected chi connectivity index (χ2v) is 9.24. The van der Waals surface area contributed by atoms with Gasteiger partial charge in [-0.25, -0.2) is 4.98 Å². The van der Waals surface area contributed by atoms with Gasteiger partial charge in [0.1, 0.15) is 16.8 Å². The van der Waals surface area contributed by atoms with Crippen molar-refractivity contribution in [3.63, 3.8) is 0 Å². The number of amides is 1. The third-order valence-electron chi connectivity index (χ3n) is 5.79. The Morgan fingerprint density at radius 1 is 1.03 bits per heavy atom. The summed E-state index contributed by atoms with van der Waals surface area (Å²) in [5, 5.41) is 13.5. The van der Waals surface area contributed by atoms with Crippen molar-refractivity contribution in [1.29, 1.82) is 5.26 Å². The predicted octanol–water partition coefficient (Wildman–Crippen LogP) is 6.15. The summed E-state index contributed by atoms with van der Waals surface area (Å²) in [6.07, 6.45) is 0.249. The summed E-state index contributed by atoms with van der Waals surface area (Å²) >= 11 is 1.39. The van der Waals surface area contributed by atoms with Crippen molar-refractivity contribution < 1.29 is 19.0 Å². The summed E-state index contributed by atoms with van der Waals surface area (Å²) in [6.45, 7) is 0.179. The second-order valence-electron chi connectivity index (χ2n) is 8.16. The molecule has 4 aromatic rings. The highest BCUT2D eigenvalue weighted by Crippen LogP contribution is 2.36. The third kappa shape index (κ3) is 5.52. The van der Waals surface area contributed by atoms with E-state index in [0.717, 1.165) is 28.1 Å². The average Bonchev–Trinajstić information content (AvgIpc) is 3.41. The van der Waals surface area contributed by atoms with Crippen molar-refractivity contribution in [2.45, 2.75) is 11.4 Å². The maximum Gasteiger partial charge on any atom is 0.231 e. The van der Waals surface area contributed by atoms with Crippen molar-refractivity contribution in [1.82, 2.24) is 4.98 Å². The number of thioether (sulfide) groups is 1. The number of aromatic nitrogens is 1. The Kier molecular flexibility index (Phi) is 7.24. The molecule has 8 heteroatoms. The van der Waals surface area contributed by atoms with Crippen molar-refractivity contribution in [3.05, 3.63) is 84.4 Å². The van der Waals surface area contributed by atoms with Crippen molar-refractivity contribution in [3.8, 4) is 45.7 Å². The Labute approximate surface area is 219 Å². The number of hydrogen-bond acceptors (Lipinski definition) is 7. The van der Waals surface area contributed by atoms with Gasteiger partial charge in [0.15, 0.2) is 11.5 Å². The fourth-order valence-electron chi connectivity index (χ4n) is 3.93. The summed E-state index contributed by atoms with van der Waals surface area (Å²) in [4.78, 5) is 17.4. The Morgan fingerprint density at radius 3 is 2.57 bits per heavy atom. The van der Waals surface area contributed by atoms with Gasteiger partial charge in [0.05, 0.1) is 18.4 Å². The number of nitriles is 1. The van der Waals surface area contributed by atoms with Gasteiger partial charge in [0.25, 0.3) is 0 Å². The number of fused-ring (bicyclic) bond motifs is 1. The van der Waals surface area contributed by atoms with E-state index in [0.29, 0.717) is 33.5 Å². The number of carbonyl (C=O) groups excluding carboxylic acids is 1. The van der Waals surface area contributed by atoms with Gasteiger partial charge in [0.2, 0.25) is 12.7 Å². The number of nitrogens with zero attached hydrogens (tertiary/aromatic N) is 2. The molecule has 0 bridgehead atoms. The maximum atomic E-state index is 12.6. The van der Waals surface area contributed by atoms with E-state index in [9.17, 15) is 10.1 Å². The lowest BCUT2D eigenvalue weighted by Gasteiger charge is -2.13. The van der Waals surface area contributed by atoms with E-state index in [1.54, 1.807) is 25.3 Å². The zero-order valence-electron chi connectivity index (χ0n) is 20.1. The number of ether oxygens (including phenoxy) is 3. The molecule has 184 valence electrons. The van der Waals surface area contributed by atoms with Crippen LogP contribution in [-0.4, -0.2) is 30.5 Å². The number of hydrogen-bond donors (Lipinski definition) is 1. The molecule has 1 N–H and O–H groups in total. The number of nitrogens with one attached hydrogen (secondary N) is 1. The number of anilines is 1. The van der Waals surface area contributed by atoms with Crippen LogP contribution < -0.4 is 19.5 Å². The number of pyridine rings is 1. The van der Waals surface area contributed by atoms with Crippen LogP contribution in [0.3, 0.4) is 0 Å². The minimum Gasteiger partial charge on any atom is -0.497 e. The molecule has 2 heterocycles. The van der Waals surface area contributed by atoms with E-state index in [1.807, 2.05) is 60.7 Å². The minimum atomic E-state index is -0.139. The first-order chi connectivity index (χ1) is 18.1. The fraction of sp³-hybridized carbons (Fsp3) is 0.138. The standard InChI is InChI=1S/C29H23N3O4S/c1-34-22-10-7-19(8-11-22)23-16-25(20-5-3-2-4-6-20)32-29(24(23)17-30)37-14-13-28(33)31-21-9-12-26-27(15-21)36-18-35-26/h2-12,15-16H,13-14,18H2,1H3,(H,31,33). The molecule has 37 heavy (non-hydrogen) atoms. The molecule has 0 radical (unpaired) electrons. The summed E-state index contributed by atoms with van der Waals surface area (Å²) in [5.41, 5.74) is 4.50. The average molecular weight is 510 g/mol. The van der Waals surface area contributed by atoms with E-state index in [1.165, 1.54) is 11.8 Å². The topological polar surface area (TPSA) is 93.5 Å². The Bertz CT molecular complexity index is 1470. The molecule has 0 unspecified atom stereocenters. The summed E-state index contributed by atoms with van der Waals surface area (Å²) in [5.74, 6) is 2.33. The lowest BCUT2D eigenvalue weighted by atomic mass is 9.99. The highest BCUT2D eigenvalue weighted by atomic mass is 32.2. The van der Waals surface area contributed by atoms with Crippen LogP contribution in [0.2, 0.25) is 0 Å². The van der Waals surface area contributed by atoms with E-state index in [4.69, 9.17) is 19.2 Å². The lowest BCUT2D eigenvalue weighted by molar-refractivity contribution is -0.115. The Hall–Kier alpha value is -4.48. The van der Waals surface area contributed by atoms with Crippen LogP contribution in [-0.2, 0) is 4.79 Å². The lowest BCUT2D eigenvalue weighted by Crippen LogP contribution is -2.12. The van der Waals surface area contributed by atoms with Gasteiger partial charge in [-0.3, -0.25) is 4.79 Å². The molecule has 0 aliphatic carbocycles. The Balaban J connectivity index is 1.37. The first-order valence-electron chi connectivity index (χ1n) is 11.6. The molecule has 7 nitrogen and oxygen atoms in total. The molecule has 0 saturated heterocycles. The summed E-state index contributed by atoms with van der Waals surface area (Å²) in [6, 6.07) is 27.0. The van der Waals surface area contributed by atoms with Crippen LogP contribution in [0.15, 0.2) is 83.9 Å². The van der Waals surface area contributed by atoms with Gasteiger partial charge in [0, 0.05) is 35.1 Å². The largest absolute Gasteiger partial charge is 0.497 e. The van der Waals surface area contributed by atoms with Crippen LogP contribution in [0.1, 0.15) is 12.0 Å². The van der Waals surface area contributed by atoms with Gasteiger partial charge in [-0.05, 0) is 35.9 Å². The predicted molar refractivity (Wildman–Crippen MR) is 143 cm³/mol. The Morgan fingerprint density at radius 2 is 1.81 bits per heavy atom. The van der Waals surface area contributed by atoms with E-state index in [-0.39, 0.29) is 19.1 Å². The van der Waals surface area contributed by atoms with Crippen LogP contribution in [0.5, 0.6) is 17.2 Å². The molecule has 3 aromatic carbocycles. The number of carbonyl (C=O) groups is 1.